The molecule has 2 aromatic rings. The molecule has 1 saturated heterocycles. The van der Waals surface area contributed by atoms with Crippen LogP contribution in [0.4, 0.5) is 0 Å². The van der Waals surface area contributed by atoms with Gasteiger partial charge in [-0.15, -0.1) is 16.8 Å². The number of aliphatic hydroxyl groups excluding tert-OH is 1. The number of rotatable bonds is 7. The molecule has 0 aliphatic carbocycles. The van der Waals surface area contributed by atoms with Crippen molar-refractivity contribution < 1.29 is 13.5 Å². The molecule has 1 N–H and O–H groups in total. The fraction of sp³-hybridized carbons (Fsp3) is 0.412. The number of thioether (sulfide) groups is 1. The molecule has 0 amide bonds. The predicted octanol–water partition coefficient (Wildman–Crippen LogP) is 2.19. The topological polar surface area (TPSA) is 85.1 Å². The van der Waals surface area contributed by atoms with Crippen molar-refractivity contribution in [3.63, 3.8) is 0 Å². The predicted molar refractivity (Wildman–Crippen MR) is 98.4 cm³/mol. The normalized spacial score (nSPS) is 20.4. The van der Waals surface area contributed by atoms with E-state index in [0.29, 0.717) is 29.7 Å². The molecule has 0 spiro atoms. The highest BCUT2D eigenvalue weighted by Crippen LogP contribution is 2.31. The van der Waals surface area contributed by atoms with Crippen LogP contribution >= 0.6 is 11.8 Å². The van der Waals surface area contributed by atoms with Gasteiger partial charge in [0.1, 0.15) is 5.82 Å². The van der Waals surface area contributed by atoms with Crippen LogP contribution in [0.15, 0.2) is 48.1 Å². The third-order valence-corrected chi connectivity index (χ3v) is 7.02. The van der Waals surface area contributed by atoms with Gasteiger partial charge in [0.15, 0.2) is 15.0 Å². The first-order chi connectivity index (χ1) is 12.0. The molecular weight excluding hydrogens is 358 g/mol. The molecule has 1 aliphatic rings. The van der Waals surface area contributed by atoms with E-state index in [1.54, 1.807) is 6.08 Å². The van der Waals surface area contributed by atoms with E-state index < -0.39 is 15.9 Å². The zero-order valence-corrected chi connectivity index (χ0v) is 15.4. The maximum Gasteiger partial charge on any atom is 0.191 e. The van der Waals surface area contributed by atoms with E-state index in [0.717, 1.165) is 5.56 Å². The molecule has 1 fully saturated rings. The van der Waals surface area contributed by atoms with Crippen LogP contribution in [0.2, 0.25) is 0 Å². The second kappa shape index (κ2) is 7.72. The maximum absolute atomic E-state index is 11.7. The lowest BCUT2D eigenvalue weighted by Gasteiger charge is -2.13. The zero-order valence-electron chi connectivity index (χ0n) is 13.8. The number of allylic oxidation sites excluding steroid dienone is 1. The summed E-state index contributed by atoms with van der Waals surface area (Å²) >= 11 is 1.41. The van der Waals surface area contributed by atoms with E-state index in [2.05, 4.69) is 16.8 Å². The summed E-state index contributed by atoms with van der Waals surface area (Å²) in [5, 5.41) is 19.4. The van der Waals surface area contributed by atoms with Gasteiger partial charge in [-0.2, -0.15) is 0 Å². The maximum atomic E-state index is 11.7. The Kier molecular flexibility index (Phi) is 5.61. The standard InChI is InChI=1S/C17H21N3O3S2/c1-2-9-20-16(14-8-10-25(22,23)12-14)18-19-17(20)24-11-15(21)13-6-4-3-5-7-13/h2-7,14-15,21H,1,8-12H2/t14-,15+/m0/s1. The van der Waals surface area contributed by atoms with Crippen LogP contribution in [0.25, 0.3) is 0 Å². The first kappa shape index (κ1) is 18.2. The van der Waals surface area contributed by atoms with Crippen molar-refractivity contribution in [1.82, 2.24) is 14.8 Å². The summed E-state index contributed by atoms with van der Waals surface area (Å²) in [6, 6.07) is 9.46. The molecule has 0 bridgehead atoms. The van der Waals surface area contributed by atoms with Gasteiger partial charge in [-0.3, -0.25) is 0 Å². The summed E-state index contributed by atoms with van der Waals surface area (Å²) < 4.78 is 25.4. The number of aliphatic hydroxyl groups is 1. The summed E-state index contributed by atoms with van der Waals surface area (Å²) in [4.78, 5) is 0. The number of hydrogen-bond acceptors (Lipinski definition) is 6. The van der Waals surface area contributed by atoms with Gasteiger partial charge >= 0.3 is 0 Å². The zero-order chi connectivity index (χ0) is 17.9. The van der Waals surface area contributed by atoms with Crippen molar-refractivity contribution in [2.45, 2.75) is 30.1 Å². The van der Waals surface area contributed by atoms with Gasteiger partial charge in [-0.05, 0) is 12.0 Å². The molecule has 0 saturated carbocycles. The number of aromatic nitrogens is 3. The van der Waals surface area contributed by atoms with Gasteiger partial charge in [0.25, 0.3) is 0 Å². The Balaban J connectivity index is 1.74. The van der Waals surface area contributed by atoms with Gasteiger partial charge in [0.05, 0.1) is 17.6 Å². The molecule has 3 rings (SSSR count). The van der Waals surface area contributed by atoms with Crippen LogP contribution in [0, 0.1) is 0 Å². The molecule has 0 unspecified atom stereocenters. The summed E-state index contributed by atoms with van der Waals surface area (Å²) in [7, 11) is -2.98. The molecular formula is C17H21N3O3S2. The second-order valence-corrected chi connectivity index (χ2v) is 9.29. The number of hydrogen-bond donors (Lipinski definition) is 1. The third kappa shape index (κ3) is 4.31. The molecule has 6 nitrogen and oxygen atoms in total. The van der Waals surface area contributed by atoms with E-state index in [4.69, 9.17) is 0 Å². The van der Waals surface area contributed by atoms with E-state index in [-0.39, 0.29) is 17.4 Å². The Bertz CT molecular complexity index is 834. The monoisotopic (exact) mass is 379 g/mol. The Hall–Kier alpha value is -1.64. The summed E-state index contributed by atoms with van der Waals surface area (Å²) in [5.41, 5.74) is 0.854. The van der Waals surface area contributed by atoms with Crippen LogP contribution in [-0.2, 0) is 16.4 Å². The van der Waals surface area contributed by atoms with E-state index >= 15 is 0 Å². The highest BCUT2D eigenvalue weighted by atomic mass is 32.2. The van der Waals surface area contributed by atoms with Crippen molar-refractivity contribution in [1.29, 1.82) is 0 Å². The minimum Gasteiger partial charge on any atom is -0.388 e. The number of nitrogens with zero attached hydrogens (tertiary/aromatic N) is 3. The number of benzene rings is 1. The van der Waals surface area contributed by atoms with Crippen molar-refractivity contribution >= 4 is 21.6 Å². The average Bonchev–Trinajstić information content (AvgIpc) is 3.16. The van der Waals surface area contributed by atoms with Gasteiger partial charge in [-0.1, -0.05) is 48.2 Å². The van der Waals surface area contributed by atoms with Crippen LogP contribution in [-0.4, -0.2) is 45.5 Å². The van der Waals surface area contributed by atoms with Crippen molar-refractivity contribution in [2.75, 3.05) is 17.3 Å². The Morgan fingerprint density at radius 1 is 1.36 bits per heavy atom. The molecule has 134 valence electrons. The molecule has 1 aromatic heterocycles. The van der Waals surface area contributed by atoms with Gasteiger partial charge in [-0.25, -0.2) is 8.42 Å². The van der Waals surface area contributed by atoms with Crippen LogP contribution in [0.5, 0.6) is 0 Å². The Labute approximate surface area is 151 Å². The fourth-order valence-corrected chi connectivity index (χ4v) is 5.59. The number of sulfone groups is 1. The van der Waals surface area contributed by atoms with Crippen LogP contribution < -0.4 is 0 Å². The fourth-order valence-electron chi connectivity index (χ4n) is 2.93. The van der Waals surface area contributed by atoms with E-state index in [1.165, 1.54) is 11.8 Å². The van der Waals surface area contributed by atoms with Crippen molar-refractivity contribution in [2.24, 2.45) is 0 Å². The Morgan fingerprint density at radius 2 is 2.12 bits per heavy atom. The largest absolute Gasteiger partial charge is 0.388 e. The van der Waals surface area contributed by atoms with Crippen LogP contribution in [0.1, 0.15) is 29.8 Å². The SMILES string of the molecule is C=CCn1c(SC[C@@H](O)c2ccccc2)nnc1[C@H]1CCS(=O)(=O)C1. The molecule has 2 heterocycles. The minimum absolute atomic E-state index is 0.120. The second-order valence-electron chi connectivity index (χ2n) is 6.08. The summed E-state index contributed by atoms with van der Waals surface area (Å²) in [5.74, 6) is 1.35. The first-order valence-corrected chi connectivity index (χ1v) is 10.9. The molecule has 2 atom stereocenters. The van der Waals surface area contributed by atoms with E-state index in [1.807, 2.05) is 34.9 Å². The average molecular weight is 380 g/mol. The van der Waals surface area contributed by atoms with Crippen LogP contribution in [0.3, 0.4) is 0 Å². The minimum atomic E-state index is -2.98. The van der Waals surface area contributed by atoms with Crippen molar-refractivity contribution in [3.05, 3.63) is 54.4 Å². The molecule has 1 aromatic carbocycles. The summed E-state index contributed by atoms with van der Waals surface area (Å²) in [6.45, 7) is 4.28. The highest BCUT2D eigenvalue weighted by Gasteiger charge is 2.33. The quantitative estimate of drug-likeness (QED) is 0.586. The highest BCUT2D eigenvalue weighted by molar-refractivity contribution is 7.99. The smallest absolute Gasteiger partial charge is 0.191 e. The summed E-state index contributed by atoms with van der Waals surface area (Å²) in [6.07, 6.45) is 1.72. The first-order valence-electron chi connectivity index (χ1n) is 8.10. The molecule has 8 heteroatoms. The Morgan fingerprint density at radius 3 is 2.76 bits per heavy atom. The molecule has 0 radical (unpaired) electrons. The van der Waals surface area contributed by atoms with Gasteiger partial charge in [0, 0.05) is 18.2 Å². The van der Waals surface area contributed by atoms with E-state index in [9.17, 15) is 13.5 Å². The van der Waals surface area contributed by atoms with Crippen molar-refractivity contribution in [3.8, 4) is 0 Å². The van der Waals surface area contributed by atoms with Gasteiger partial charge in [0.2, 0.25) is 0 Å². The lowest BCUT2D eigenvalue weighted by atomic mass is 10.1. The van der Waals surface area contributed by atoms with Gasteiger partial charge < -0.3 is 9.67 Å². The third-order valence-electron chi connectivity index (χ3n) is 4.21. The molecule has 1 aliphatic heterocycles. The lowest BCUT2D eigenvalue weighted by Crippen LogP contribution is -2.11. The molecule has 25 heavy (non-hydrogen) atoms. The lowest BCUT2D eigenvalue weighted by molar-refractivity contribution is 0.204.